The minimum Gasteiger partial charge on any atom is -0.315 e. The Labute approximate surface area is 147 Å². The Kier molecular flexibility index (Phi) is 5.01. The first kappa shape index (κ1) is 16.7. The predicted molar refractivity (Wildman–Crippen MR) is 100 cm³/mol. The number of rotatable bonds is 5. The Hall–Kier alpha value is -2.12. The lowest BCUT2D eigenvalue weighted by molar-refractivity contribution is -0.115. The molecule has 0 aliphatic carbocycles. The smallest absolute Gasteiger partial charge is 0.272 e. The van der Waals surface area contributed by atoms with Gasteiger partial charge in [-0.1, -0.05) is 30.0 Å². The number of aromatic nitrogens is 2. The van der Waals surface area contributed by atoms with E-state index in [1.807, 2.05) is 48.7 Å². The Balaban J connectivity index is 1.80. The van der Waals surface area contributed by atoms with Gasteiger partial charge in [0, 0.05) is 19.3 Å². The van der Waals surface area contributed by atoms with Crippen LogP contribution in [-0.2, 0) is 11.3 Å². The van der Waals surface area contributed by atoms with Crippen LogP contribution in [0.2, 0.25) is 0 Å². The monoisotopic (exact) mass is 359 g/mol. The molecule has 0 spiro atoms. The molecule has 2 aromatic heterocycles. The zero-order valence-corrected chi connectivity index (χ0v) is 15.1. The van der Waals surface area contributed by atoms with Crippen molar-refractivity contribution in [1.82, 2.24) is 9.55 Å². The highest BCUT2D eigenvalue weighted by atomic mass is 32.2. The maximum atomic E-state index is 12.5. The molecule has 0 saturated heterocycles. The van der Waals surface area contributed by atoms with E-state index < -0.39 is 0 Å². The number of nitrogens with zero attached hydrogens (tertiary/aromatic N) is 3. The molecular formula is C17H17N3O2S2. The number of carbonyl (C=O) groups excluding carboxylic acids is 1. The molecule has 0 fully saturated rings. The zero-order chi connectivity index (χ0) is 17.1. The summed E-state index contributed by atoms with van der Waals surface area (Å²) in [6, 6.07) is 11.3. The van der Waals surface area contributed by atoms with Crippen molar-refractivity contribution < 1.29 is 4.79 Å². The summed E-state index contributed by atoms with van der Waals surface area (Å²) in [6.45, 7) is 2.44. The summed E-state index contributed by atoms with van der Waals surface area (Å²) in [6.07, 6.45) is 0. The molecule has 1 aromatic carbocycles. The van der Waals surface area contributed by atoms with Gasteiger partial charge in [0.05, 0.1) is 11.3 Å². The first-order chi connectivity index (χ1) is 11.6. The number of para-hydroxylation sites is 1. The molecule has 0 N–H and O–H groups in total. The molecule has 0 unspecified atom stereocenters. The standard InChI is InChI=1S/C17H17N3O2S2/c1-3-20-16(22)15-13(9-10-23-15)18-17(20)24-11-14(21)19(2)12-7-5-4-6-8-12/h4-10H,3,11H2,1-2H3. The third-order valence-corrected chi connectivity index (χ3v) is 5.54. The van der Waals surface area contributed by atoms with Gasteiger partial charge in [0.1, 0.15) is 4.70 Å². The highest BCUT2D eigenvalue weighted by Crippen LogP contribution is 2.22. The highest BCUT2D eigenvalue weighted by Gasteiger charge is 2.15. The van der Waals surface area contributed by atoms with Crippen molar-refractivity contribution in [3.8, 4) is 0 Å². The third-order valence-electron chi connectivity index (χ3n) is 3.69. The van der Waals surface area contributed by atoms with Gasteiger partial charge in [0.25, 0.3) is 5.56 Å². The number of anilines is 1. The largest absolute Gasteiger partial charge is 0.315 e. The Morgan fingerprint density at radius 2 is 2.04 bits per heavy atom. The van der Waals surface area contributed by atoms with Crippen molar-refractivity contribution in [2.45, 2.75) is 18.6 Å². The van der Waals surface area contributed by atoms with E-state index in [-0.39, 0.29) is 17.2 Å². The van der Waals surface area contributed by atoms with E-state index in [0.717, 1.165) is 5.69 Å². The molecule has 0 saturated carbocycles. The van der Waals surface area contributed by atoms with Crippen LogP contribution in [0.15, 0.2) is 51.7 Å². The van der Waals surface area contributed by atoms with E-state index in [2.05, 4.69) is 4.98 Å². The van der Waals surface area contributed by atoms with Gasteiger partial charge < -0.3 is 4.90 Å². The van der Waals surface area contributed by atoms with Gasteiger partial charge in [-0.15, -0.1) is 11.3 Å². The van der Waals surface area contributed by atoms with Crippen LogP contribution in [0.1, 0.15) is 6.92 Å². The molecular weight excluding hydrogens is 342 g/mol. The number of thiophene rings is 1. The summed E-state index contributed by atoms with van der Waals surface area (Å²) in [4.78, 5) is 31.0. The molecule has 7 heteroatoms. The number of benzene rings is 1. The van der Waals surface area contributed by atoms with E-state index in [0.29, 0.717) is 21.9 Å². The molecule has 0 radical (unpaired) electrons. The van der Waals surface area contributed by atoms with Gasteiger partial charge in [0.2, 0.25) is 5.91 Å². The van der Waals surface area contributed by atoms with Crippen molar-refractivity contribution in [1.29, 1.82) is 0 Å². The van der Waals surface area contributed by atoms with Crippen LogP contribution in [0.3, 0.4) is 0 Å². The number of hydrogen-bond acceptors (Lipinski definition) is 5. The second-order valence-electron chi connectivity index (χ2n) is 5.16. The van der Waals surface area contributed by atoms with Gasteiger partial charge in [0.15, 0.2) is 5.16 Å². The summed E-state index contributed by atoms with van der Waals surface area (Å²) in [7, 11) is 1.75. The highest BCUT2D eigenvalue weighted by molar-refractivity contribution is 7.99. The Bertz CT molecular complexity index is 918. The van der Waals surface area contributed by atoms with E-state index in [9.17, 15) is 9.59 Å². The molecule has 2 heterocycles. The number of carbonyl (C=O) groups is 1. The lowest BCUT2D eigenvalue weighted by atomic mass is 10.3. The van der Waals surface area contributed by atoms with E-state index in [1.54, 1.807) is 16.5 Å². The number of thioether (sulfide) groups is 1. The van der Waals surface area contributed by atoms with Crippen LogP contribution in [-0.4, -0.2) is 28.3 Å². The first-order valence-electron chi connectivity index (χ1n) is 7.54. The molecule has 3 rings (SSSR count). The summed E-state index contributed by atoms with van der Waals surface area (Å²) < 4.78 is 2.29. The van der Waals surface area contributed by atoms with Gasteiger partial charge in [-0.2, -0.15) is 0 Å². The Morgan fingerprint density at radius 3 is 2.75 bits per heavy atom. The van der Waals surface area contributed by atoms with Gasteiger partial charge in [-0.25, -0.2) is 4.98 Å². The number of hydrogen-bond donors (Lipinski definition) is 0. The maximum Gasteiger partial charge on any atom is 0.272 e. The fourth-order valence-electron chi connectivity index (χ4n) is 2.33. The lowest BCUT2D eigenvalue weighted by Crippen LogP contribution is -2.28. The molecule has 0 atom stereocenters. The normalized spacial score (nSPS) is 10.9. The predicted octanol–water partition coefficient (Wildman–Crippen LogP) is 3.23. The second-order valence-corrected chi connectivity index (χ2v) is 7.01. The molecule has 0 aliphatic heterocycles. The topological polar surface area (TPSA) is 55.2 Å². The van der Waals surface area contributed by atoms with Crippen LogP contribution in [0.4, 0.5) is 5.69 Å². The average Bonchev–Trinajstić information content (AvgIpc) is 3.08. The van der Waals surface area contributed by atoms with Crippen LogP contribution in [0.25, 0.3) is 10.2 Å². The van der Waals surface area contributed by atoms with Crippen LogP contribution >= 0.6 is 23.1 Å². The number of fused-ring (bicyclic) bond motifs is 1. The first-order valence-corrected chi connectivity index (χ1v) is 9.40. The fraction of sp³-hybridized carbons (Fsp3) is 0.235. The molecule has 0 aliphatic rings. The molecule has 5 nitrogen and oxygen atoms in total. The molecule has 124 valence electrons. The van der Waals surface area contributed by atoms with Gasteiger partial charge >= 0.3 is 0 Å². The summed E-state index contributed by atoms with van der Waals surface area (Å²) >= 11 is 2.70. The van der Waals surface area contributed by atoms with Crippen molar-refractivity contribution in [2.75, 3.05) is 17.7 Å². The molecule has 1 amide bonds. The third kappa shape index (κ3) is 3.22. The lowest BCUT2D eigenvalue weighted by Gasteiger charge is -2.17. The zero-order valence-electron chi connectivity index (χ0n) is 13.4. The minimum atomic E-state index is -0.0381. The van der Waals surface area contributed by atoms with Crippen molar-refractivity contribution in [2.24, 2.45) is 0 Å². The maximum absolute atomic E-state index is 12.5. The van der Waals surface area contributed by atoms with Crippen LogP contribution < -0.4 is 10.5 Å². The minimum absolute atomic E-state index is 0.0338. The second kappa shape index (κ2) is 7.19. The summed E-state index contributed by atoms with van der Waals surface area (Å²) in [5.74, 6) is 0.196. The van der Waals surface area contributed by atoms with E-state index in [1.165, 1.54) is 23.1 Å². The van der Waals surface area contributed by atoms with Crippen LogP contribution in [0.5, 0.6) is 0 Å². The van der Waals surface area contributed by atoms with Gasteiger partial charge in [-0.05, 0) is 30.5 Å². The molecule has 0 bridgehead atoms. The van der Waals surface area contributed by atoms with Crippen LogP contribution in [0, 0.1) is 0 Å². The van der Waals surface area contributed by atoms with Gasteiger partial charge in [-0.3, -0.25) is 14.2 Å². The Morgan fingerprint density at radius 1 is 1.29 bits per heavy atom. The number of amides is 1. The molecule has 3 aromatic rings. The van der Waals surface area contributed by atoms with Crippen molar-refractivity contribution in [3.05, 3.63) is 52.1 Å². The van der Waals surface area contributed by atoms with Crippen molar-refractivity contribution >= 4 is 44.9 Å². The average molecular weight is 359 g/mol. The SMILES string of the molecule is CCn1c(SCC(=O)N(C)c2ccccc2)nc2ccsc2c1=O. The van der Waals surface area contributed by atoms with Crippen molar-refractivity contribution in [3.63, 3.8) is 0 Å². The summed E-state index contributed by atoms with van der Waals surface area (Å²) in [5.41, 5.74) is 1.50. The van der Waals surface area contributed by atoms with E-state index >= 15 is 0 Å². The quantitative estimate of drug-likeness (QED) is 0.518. The summed E-state index contributed by atoms with van der Waals surface area (Å²) in [5, 5.41) is 2.45. The molecule has 24 heavy (non-hydrogen) atoms. The van der Waals surface area contributed by atoms with E-state index in [4.69, 9.17) is 0 Å². The fourth-order valence-corrected chi connectivity index (χ4v) is 4.09.